The molecule has 0 amide bonds. The third-order valence-electron chi connectivity index (χ3n) is 6.38. The highest BCUT2D eigenvalue weighted by molar-refractivity contribution is 6.13. The summed E-state index contributed by atoms with van der Waals surface area (Å²) in [4.78, 5) is 24.2. The van der Waals surface area contributed by atoms with E-state index in [0.717, 1.165) is 50.6 Å². The van der Waals surface area contributed by atoms with Crippen molar-refractivity contribution in [3.05, 3.63) is 12.1 Å². The van der Waals surface area contributed by atoms with Crippen molar-refractivity contribution in [2.75, 3.05) is 13.6 Å². The van der Waals surface area contributed by atoms with Gasteiger partial charge in [0.1, 0.15) is 22.9 Å². The highest BCUT2D eigenvalue weighted by atomic mass is 16.3. The number of carbonyl (C=O) groups is 1. The van der Waals surface area contributed by atoms with Gasteiger partial charge < -0.3 is 15.5 Å². The smallest absolute Gasteiger partial charge is 0.161 e. The molecule has 0 aliphatic heterocycles. The summed E-state index contributed by atoms with van der Waals surface area (Å²) in [5, 5.41) is 23.9. The Morgan fingerprint density at radius 2 is 1.72 bits per heavy atom. The molecule has 0 bridgehead atoms. The fourth-order valence-corrected chi connectivity index (χ4v) is 4.00. The van der Waals surface area contributed by atoms with Crippen LogP contribution in [0.4, 0.5) is 11.4 Å². The lowest BCUT2D eigenvalue weighted by Gasteiger charge is -2.33. The molecular weight excluding hydrogens is 404 g/mol. The number of hydrogen-bond donors (Lipinski definition) is 3. The molecule has 1 aliphatic rings. The zero-order chi connectivity index (χ0) is 23.9. The van der Waals surface area contributed by atoms with Crippen LogP contribution in [0.3, 0.4) is 0 Å². The number of carbonyl (C=O) groups excluding carboxylic acids is 1. The maximum atomic E-state index is 10.5. The summed E-state index contributed by atoms with van der Waals surface area (Å²) in [7, 11) is 1.96. The molecule has 1 unspecified atom stereocenters. The first kappa shape index (κ1) is 25.7. The van der Waals surface area contributed by atoms with E-state index in [1.165, 1.54) is 17.8 Å². The summed E-state index contributed by atoms with van der Waals surface area (Å²) in [6, 6.07) is 2.72. The van der Waals surface area contributed by atoms with E-state index >= 15 is 0 Å². The van der Waals surface area contributed by atoms with E-state index in [1.807, 2.05) is 7.05 Å². The molecule has 1 fully saturated rings. The standard InChI is InChI=1S/C25H38N4O3/c1-17(2)25(5)15-18(7-8-19(16-25)29-24(3,4)9-10-26-6)28-21-14-22(31)20(13-23(21)32)27-11-12-30/h11-14,17,26,31-32H,7-10,15-16H2,1-6H3. The van der Waals surface area contributed by atoms with Gasteiger partial charge in [-0.2, -0.15) is 0 Å². The largest absolute Gasteiger partial charge is 0.506 e. The third kappa shape index (κ3) is 6.99. The van der Waals surface area contributed by atoms with Crippen molar-refractivity contribution in [1.29, 1.82) is 0 Å². The normalized spacial score (nSPS) is 22.7. The Labute approximate surface area is 191 Å². The molecule has 7 nitrogen and oxygen atoms in total. The Kier molecular flexibility index (Phi) is 8.73. The average Bonchev–Trinajstić information content (AvgIpc) is 2.86. The lowest BCUT2D eigenvalue weighted by Crippen LogP contribution is -2.29. The van der Waals surface area contributed by atoms with Gasteiger partial charge in [0, 0.05) is 23.6 Å². The number of phenols is 2. The van der Waals surface area contributed by atoms with Crippen molar-refractivity contribution in [2.45, 2.75) is 72.3 Å². The number of benzene rings is 1. The van der Waals surface area contributed by atoms with Gasteiger partial charge in [-0.1, -0.05) is 20.8 Å². The average molecular weight is 443 g/mol. The van der Waals surface area contributed by atoms with E-state index < -0.39 is 0 Å². The van der Waals surface area contributed by atoms with Gasteiger partial charge in [0.05, 0.1) is 11.8 Å². The second-order valence-electron chi connectivity index (χ2n) is 9.93. The fraction of sp³-hybridized carbons (Fsp3) is 0.600. The van der Waals surface area contributed by atoms with Crippen LogP contribution < -0.4 is 5.32 Å². The second kappa shape index (κ2) is 10.9. The Balaban J connectivity index is 2.38. The zero-order valence-corrected chi connectivity index (χ0v) is 20.3. The Bertz CT molecular complexity index is 903. The van der Waals surface area contributed by atoms with E-state index in [4.69, 9.17) is 9.98 Å². The number of phenolic OH excluding ortho intramolecular Hbond substituents is 2. The van der Waals surface area contributed by atoms with Crippen LogP contribution in [0.2, 0.25) is 0 Å². The molecule has 3 N–H and O–H groups in total. The van der Waals surface area contributed by atoms with Crippen LogP contribution in [0.5, 0.6) is 11.5 Å². The summed E-state index contributed by atoms with van der Waals surface area (Å²) >= 11 is 0. The molecule has 0 saturated heterocycles. The molecule has 176 valence electrons. The van der Waals surface area contributed by atoms with Gasteiger partial charge in [-0.3, -0.25) is 14.8 Å². The van der Waals surface area contributed by atoms with Gasteiger partial charge >= 0.3 is 0 Å². The van der Waals surface area contributed by atoms with Crippen LogP contribution in [0.1, 0.15) is 66.7 Å². The Morgan fingerprint density at radius 1 is 1.12 bits per heavy atom. The van der Waals surface area contributed by atoms with Crippen molar-refractivity contribution in [2.24, 2.45) is 26.3 Å². The van der Waals surface area contributed by atoms with Crippen molar-refractivity contribution in [3.8, 4) is 11.5 Å². The van der Waals surface area contributed by atoms with Gasteiger partial charge in [-0.25, -0.2) is 4.99 Å². The van der Waals surface area contributed by atoms with Crippen molar-refractivity contribution in [1.82, 2.24) is 5.32 Å². The SMILES string of the molecule is CNCCC(C)(C)N=C1CCC(=Nc2cc(O)c(N=CC=O)cc2O)CC(C)(C(C)C)C1. The molecule has 2 rings (SSSR count). The highest BCUT2D eigenvalue weighted by Gasteiger charge is 2.35. The molecule has 1 aromatic carbocycles. The minimum Gasteiger partial charge on any atom is -0.506 e. The molecule has 1 atom stereocenters. The molecule has 0 spiro atoms. The second-order valence-corrected chi connectivity index (χ2v) is 9.93. The van der Waals surface area contributed by atoms with Gasteiger partial charge in [0.2, 0.25) is 0 Å². The minimum absolute atomic E-state index is 0.000882. The molecule has 1 aromatic rings. The van der Waals surface area contributed by atoms with Crippen LogP contribution in [0, 0.1) is 11.3 Å². The maximum absolute atomic E-state index is 10.5. The molecule has 32 heavy (non-hydrogen) atoms. The quantitative estimate of drug-likeness (QED) is 0.224. The first-order valence-corrected chi connectivity index (χ1v) is 11.3. The summed E-state index contributed by atoms with van der Waals surface area (Å²) in [6.45, 7) is 12.0. The van der Waals surface area contributed by atoms with E-state index in [-0.39, 0.29) is 28.1 Å². The van der Waals surface area contributed by atoms with Crippen LogP contribution in [0.15, 0.2) is 27.1 Å². The predicted octanol–water partition coefficient (Wildman–Crippen LogP) is 5.14. The Hall–Kier alpha value is -2.54. The van der Waals surface area contributed by atoms with Gasteiger partial charge in [0.15, 0.2) is 6.29 Å². The summed E-state index contributed by atoms with van der Waals surface area (Å²) in [5.74, 6) is 0.221. The molecule has 0 radical (unpaired) electrons. The van der Waals surface area contributed by atoms with Gasteiger partial charge in [0.25, 0.3) is 0 Å². The molecule has 7 heteroatoms. The van der Waals surface area contributed by atoms with E-state index in [1.54, 1.807) is 0 Å². The number of hydrogen-bond acceptors (Lipinski definition) is 7. The third-order valence-corrected chi connectivity index (χ3v) is 6.38. The monoisotopic (exact) mass is 442 g/mol. The topological polar surface area (TPSA) is 107 Å². The summed E-state index contributed by atoms with van der Waals surface area (Å²) in [6.07, 6.45) is 5.82. The van der Waals surface area contributed by atoms with Crippen molar-refractivity contribution in [3.63, 3.8) is 0 Å². The highest BCUT2D eigenvalue weighted by Crippen LogP contribution is 2.42. The molecular formula is C25H38N4O3. The zero-order valence-electron chi connectivity index (χ0n) is 20.3. The van der Waals surface area contributed by atoms with E-state index in [9.17, 15) is 15.0 Å². The molecule has 0 heterocycles. The molecule has 1 saturated carbocycles. The number of aliphatic imine (C=N–C) groups is 3. The lowest BCUT2D eigenvalue weighted by molar-refractivity contribution is -0.102. The number of nitrogens with one attached hydrogen (secondary N) is 1. The fourth-order valence-electron chi connectivity index (χ4n) is 4.00. The van der Waals surface area contributed by atoms with Gasteiger partial charge in [-0.15, -0.1) is 0 Å². The minimum atomic E-state index is -0.131. The van der Waals surface area contributed by atoms with Crippen LogP contribution in [-0.4, -0.2) is 53.3 Å². The number of nitrogens with zero attached hydrogens (tertiary/aromatic N) is 3. The molecule has 1 aliphatic carbocycles. The van der Waals surface area contributed by atoms with Gasteiger partial charge in [-0.05, 0) is 70.9 Å². The van der Waals surface area contributed by atoms with Crippen LogP contribution >= 0.6 is 0 Å². The first-order valence-electron chi connectivity index (χ1n) is 11.3. The van der Waals surface area contributed by atoms with Crippen LogP contribution in [-0.2, 0) is 4.79 Å². The number of aromatic hydroxyl groups is 2. The number of rotatable bonds is 8. The summed E-state index contributed by atoms with van der Waals surface area (Å²) in [5.41, 5.74) is 2.52. The predicted molar refractivity (Wildman–Crippen MR) is 133 cm³/mol. The van der Waals surface area contributed by atoms with Crippen molar-refractivity contribution >= 4 is 35.3 Å². The van der Waals surface area contributed by atoms with E-state index in [0.29, 0.717) is 17.9 Å². The molecule has 0 aromatic heterocycles. The first-order chi connectivity index (χ1) is 15.0. The van der Waals surface area contributed by atoms with E-state index in [2.05, 4.69) is 44.9 Å². The van der Waals surface area contributed by atoms with Crippen molar-refractivity contribution < 1.29 is 15.0 Å². The number of aldehydes is 1. The summed E-state index contributed by atoms with van der Waals surface area (Å²) < 4.78 is 0. The maximum Gasteiger partial charge on any atom is 0.161 e. The van der Waals surface area contributed by atoms with Crippen LogP contribution in [0.25, 0.3) is 0 Å². The Morgan fingerprint density at radius 3 is 2.34 bits per heavy atom. The lowest BCUT2D eigenvalue weighted by atomic mass is 9.72.